The molecule has 0 aliphatic carbocycles. The number of nitrogens with two attached hydrogens (primary N) is 1. The molecule has 0 saturated carbocycles. The monoisotopic (exact) mass is 423 g/mol. The molecule has 19 heavy (non-hydrogen) atoms. The van der Waals surface area contributed by atoms with Crippen LogP contribution in [-0.4, -0.2) is 0 Å². The fourth-order valence-electron chi connectivity index (χ4n) is 1.45. The molecule has 0 amide bonds. The van der Waals surface area contributed by atoms with Gasteiger partial charge in [0, 0.05) is 26.3 Å². The van der Waals surface area contributed by atoms with E-state index < -0.39 is 0 Å². The van der Waals surface area contributed by atoms with E-state index in [1.165, 1.54) is 0 Å². The average Bonchev–Trinajstić information content (AvgIpc) is 2.34. The standard InChI is InChI=1S/C13H9Br2Cl2NO/c14-9-3-8(18)2-1-7(9)6-19-13-5-11(16)10(15)4-12(13)17/h1-5H,6,18H2. The molecule has 100 valence electrons. The topological polar surface area (TPSA) is 35.2 Å². The highest BCUT2D eigenvalue weighted by Crippen LogP contribution is 2.34. The third kappa shape index (κ3) is 3.78. The summed E-state index contributed by atoms with van der Waals surface area (Å²) >= 11 is 18.8. The van der Waals surface area contributed by atoms with E-state index in [0.29, 0.717) is 28.1 Å². The van der Waals surface area contributed by atoms with Gasteiger partial charge >= 0.3 is 0 Å². The molecule has 0 radical (unpaired) electrons. The minimum Gasteiger partial charge on any atom is -0.487 e. The van der Waals surface area contributed by atoms with E-state index in [9.17, 15) is 0 Å². The number of nitrogen functional groups attached to an aromatic ring is 1. The quantitative estimate of drug-likeness (QED) is 0.507. The maximum absolute atomic E-state index is 6.09. The highest BCUT2D eigenvalue weighted by Gasteiger charge is 2.08. The first-order valence-corrected chi connectivity index (χ1v) is 7.63. The Balaban J connectivity index is 2.16. The average molecular weight is 426 g/mol. The molecule has 2 aromatic rings. The molecule has 0 heterocycles. The largest absolute Gasteiger partial charge is 0.487 e. The molecule has 0 unspecified atom stereocenters. The van der Waals surface area contributed by atoms with Crippen molar-refractivity contribution in [2.24, 2.45) is 0 Å². The molecule has 2 nitrogen and oxygen atoms in total. The first-order valence-electron chi connectivity index (χ1n) is 5.28. The van der Waals surface area contributed by atoms with Gasteiger partial charge in [-0.25, -0.2) is 0 Å². The van der Waals surface area contributed by atoms with E-state index >= 15 is 0 Å². The summed E-state index contributed by atoms with van der Waals surface area (Å²) in [5.74, 6) is 0.540. The van der Waals surface area contributed by atoms with Crippen molar-refractivity contribution >= 4 is 60.7 Å². The second-order valence-electron chi connectivity index (χ2n) is 3.84. The van der Waals surface area contributed by atoms with Crippen molar-refractivity contribution < 1.29 is 4.74 Å². The van der Waals surface area contributed by atoms with Crippen LogP contribution in [0.2, 0.25) is 10.0 Å². The van der Waals surface area contributed by atoms with Gasteiger partial charge in [-0.05, 0) is 34.1 Å². The summed E-state index contributed by atoms with van der Waals surface area (Å²) in [6.45, 7) is 0.374. The molecule has 0 aliphatic rings. The maximum atomic E-state index is 6.09. The molecular weight excluding hydrogens is 417 g/mol. The van der Waals surface area contributed by atoms with Crippen LogP contribution in [0, 0.1) is 0 Å². The van der Waals surface area contributed by atoms with Crippen LogP contribution in [0.1, 0.15) is 5.56 Å². The smallest absolute Gasteiger partial charge is 0.139 e. The van der Waals surface area contributed by atoms with Crippen molar-refractivity contribution in [2.45, 2.75) is 6.61 Å². The minimum atomic E-state index is 0.374. The van der Waals surface area contributed by atoms with E-state index in [1.54, 1.807) is 12.1 Å². The predicted octanol–water partition coefficient (Wildman–Crippen LogP) is 5.68. The van der Waals surface area contributed by atoms with Crippen molar-refractivity contribution in [1.82, 2.24) is 0 Å². The Hall–Kier alpha value is -0.420. The Morgan fingerprint density at radius 1 is 1.00 bits per heavy atom. The van der Waals surface area contributed by atoms with Crippen molar-refractivity contribution in [3.63, 3.8) is 0 Å². The predicted molar refractivity (Wildman–Crippen MR) is 87.0 cm³/mol. The van der Waals surface area contributed by atoms with Crippen molar-refractivity contribution in [3.05, 3.63) is 54.9 Å². The van der Waals surface area contributed by atoms with Gasteiger partial charge in [0.15, 0.2) is 0 Å². The molecule has 6 heteroatoms. The molecule has 2 aromatic carbocycles. The number of halogens is 4. The van der Waals surface area contributed by atoms with E-state index in [-0.39, 0.29) is 0 Å². The summed E-state index contributed by atoms with van der Waals surface area (Å²) < 4.78 is 7.30. The molecule has 0 fully saturated rings. The van der Waals surface area contributed by atoms with E-state index in [1.807, 2.05) is 18.2 Å². The summed E-state index contributed by atoms with van der Waals surface area (Å²) in [6.07, 6.45) is 0. The molecule has 0 saturated heterocycles. The lowest BCUT2D eigenvalue weighted by Gasteiger charge is -2.11. The van der Waals surface area contributed by atoms with Crippen LogP contribution in [-0.2, 0) is 6.61 Å². The van der Waals surface area contributed by atoms with E-state index in [2.05, 4.69) is 31.9 Å². The van der Waals surface area contributed by atoms with Crippen LogP contribution in [0.4, 0.5) is 5.69 Å². The molecule has 0 spiro atoms. The Morgan fingerprint density at radius 2 is 1.74 bits per heavy atom. The van der Waals surface area contributed by atoms with Crippen LogP contribution >= 0.6 is 55.1 Å². The zero-order valence-corrected chi connectivity index (χ0v) is 14.3. The van der Waals surface area contributed by atoms with Gasteiger partial charge in [-0.1, -0.05) is 45.2 Å². The fourth-order valence-corrected chi connectivity index (χ4v) is 2.81. The molecule has 0 atom stereocenters. The second kappa shape index (κ2) is 6.35. The molecule has 2 rings (SSSR count). The van der Waals surface area contributed by atoms with Gasteiger partial charge in [0.1, 0.15) is 12.4 Å². The molecule has 0 aliphatic heterocycles. The van der Waals surface area contributed by atoms with Crippen molar-refractivity contribution in [1.29, 1.82) is 0 Å². The van der Waals surface area contributed by atoms with Gasteiger partial charge in [0.25, 0.3) is 0 Å². The minimum absolute atomic E-state index is 0.374. The van der Waals surface area contributed by atoms with Gasteiger partial charge in [-0.3, -0.25) is 0 Å². The Labute approximate surface area is 138 Å². The number of hydrogen-bond donors (Lipinski definition) is 1. The highest BCUT2D eigenvalue weighted by atomic mass is 79.9. The van der Waals surface area contributed by atoms with Crippen LogP contribution in [0.15, 0.2) is 39.3 Å². The third-order valence-electron chi connectivity index (χ3n) is 2.44. The van der Waals surface area contributed by atoms with Crippen LogP contribution < -0.4 is 10.5 Å². The Kier molecular flexibility index (Phi) is 5.01. The number of rotatable bonds is 3. The number of anilines is 1. The lowest BCUT2D eigenvalue weighted by molar-refractivity contribution is 0.305. The van der Waals surface area contributed by atoms with Gasteiger partial charge in [-0.2, -0.15) is 0 Å². The fraction of sp³-hybridized carbons (Fsp3) is 0.0769. The highest BCUT2D eigenvalue weighted by molar-refractivity contribution is 9.10. The summed E-state index contributed by atoms with van der Waals surface area (Å²) in [6, 6.07) is 8.93. The summed E-state index contributed by atoms with van der Waals surface area (Å²) in [5.41, 5.74) is 7.35. The normalized spacial score (nSPS) is 10.5. The van der Waals surface area contributed by atoms with Crippen molar-refractivity contribution in [3.8, 4) is 5.75 Å². The first-order chi connectivity index (χ1) is 8.97. The Bertz CT molecular complexity index is 620. The van der Waals surface area contributed by atoms with E-state index in [4.69, 9.17) is 33.7 Å². The summed E-state index contributed by atoms with van der Waals surface area (Å²) in [4.78, 5) is 0. The second-order valence-corrected chi connectivity index (χ2v) is 6.36. The first kappa shape index (κ1) is 15.0. The van der Waals surface area contributed by atoms with Crippen LogP contribution in [0.5, 0.6) is 5.75 Å². The summed E-state index contributed by atoms with van der Waals surface area (Å²) in [5, 5.41) is 1.05. The number of hydrogen-bond acceptors (Lipinski definition) is 2. The zero-order chi connectivity index (χ0) is 14.0. The SMILES string of the molecule is Nc1ccc(COc2cc(Cl)c(Br)cc2Cl)c(Br)c1. The summed E-state index contributed by atoms with van der Waals surface area (Å²) in [7, 11) is 0. The van der Waals surface area contributed by atoms with Gasteiger partial charge in [-0.15, -0.1) is 0 Å². The maximum Gasteiger partial charge on any atom is 0.139 e. The van der Waals surface area contributed by atoms with Crippen LogP contribution in [0.25, 0.3) is 0 Å². The van der Waals surface area contributed by atoms with E-state index in [0.717, 1.165) is 14.5 Å². The molecule has 0 bridgehead atoms. The lowest BCUT2D eigenvalue weighted by atomic mass is 10.2. The van der Waals surface area contributed by atoms with Gasteiger partial charge in [0.05, 0.1) is 10.0 Å². The zero-order valence-electron chi connectivity index (χ0n) is 9.59. The van der Waals surface area contributed by atoms with Gasteiger partial charge in [0.2, 0.25) is 0 Å². The molecule has 0 aromatic heterocycles. The van der Waals surface area contributed by atoms with Crippen molar-refractivity contribution in [2.75, 3.05) is 5.73 Å². The van der Waals surface area contributed by atoms with Crippen LogP contribution in [0.3, 0.4) is 0 Å². The lowest BCUT2D eigenvalue weighted by Crippen LogP contribution is -1.98. The molecular formula is C13H9Br2Cl2NO. The molecule has 2 N–H and O–H groups in total. The third-order valence-corrected chi connectivity index (χ3v) is 4.67. The number of ether oxygens (including phenoxy) is 1. The Morgan fingerprint density at radius 3 is 2.42 bits per heavy atom. The van der Waals surface area contributed by atoms with Gasteiger partial charge < -0.3 is 10.5 Å². The number of benzene rings is 2.